The van der Waals surface area contributed by atoms with Crippen molar-refractivity contribution in [3.8, 4) is 0 Å². The van der Waals surface area contributed by atoms with E-state index < -0.39 is 0 Å². The van der Waals surface area contributed by atoms with E-state index in [-0.39, 0.29) is 6.03 Å². The van der Waals surface area contributed by atoms with Gasteiger partial charge in [0.15, 0.2) is 5.82 Å². The van der Waals surface area contributed by atoms with E-state index in [1.807, 2.05) is 11.9 Å². The van der Waals surface area contributed by atoms with Crippen LogP contribution in [0.25, 0.3) is 5.57 Å². The van der Waals surface area contributed by atoms with Crippen molar-refractivity contribution in [2.75, 3.05) is 13.1 Å². The van der Waals surface area contributed by atoms with E-state index >= 15 is 0 Å². The summed E-state index contributed by atoms with van der Waals surface area (Å²) in [6, 6.07) is 6.53. The van der Waals surface area contributed by atoms with Gasteiger partial charge >= 0.3 is 6.03 Å². The highest BCUT2D eigenvalue weighted by Gasteiger charge is 2.18. The molecule has 2 aromatic rings. The molecule has 1 aliphatic heterocycles. The average Bonchev–Trinajstić information content (AvgIpc) is 2.97. The van der Waals surface area contributed by atoms with Crippen LogP contribution in [0.2, 0.25) is 0 Å². The normalized spacial score (nSPS) is 14.5. The lowest BCUT2D eigenvalue weighted by molar-refractivity contribution is 0.202. The minimum Gasteiger partial charge on any atom is -0.331 e. The summed E-state index contributed by atoms with van der Waals surface area (Å²) in [5, 5.41) is 7.03. The molecule has 126 valence electrons. The minimum absolute atomic E-state index is 0.0711. The van der Waals surface area contributed by atoms with Crippen LogP contribution in [-0.2, 0) is 13.6 Å². The summed E-state index contributed by atoms with van der Waals surface area (Å²) in [5.74, 6) is 0.620. The van der Waals surface area contributed by atoms with Crippen LogP contribution in [0.1, 0.15) is 28.9 Å². The van der Waals surface area contributed by atoms with Crippen molar-refractivity contribution in [2.45, 2.75) is 26.8 Å². The van der Waals surface area contributed by atoms with Crippen molar-refractivity contribution in [1.29, 1.82) is 0 Å². The smallest absolute Gasteiger partial charge is 0.318 e. The Morgan fingerprint density at radius 3 is 2.58 bits per heavy atom. The molecule has 1 aromatic heterocycles. The molecule has 0 aliphatic carbocycles. The monoisotopic (exact) mass is 325 g/mol. The van der Waals surface area contributed by atoms with Crippen LogP contribution >= 0.6 is 0 Å². The van der Waals surface area contributed by atoms with Gasteiger partial charge in [0.1, 0.15) is 6.33 Å². The number of rotatable bonds is 3. The number of carbonyl (C=O) groups excluding carboxylic acids is 1. The quantitative estimate of drug-likeness (QED) is 0.943. The van der Waals surface area contributed by atoms with E-state index in [0.29, 0.717) is 18.9 Å². The molecule has 6 nitrogen and oxygen atoms in total. The van der Waals surface area contributed by atoms with Crippen LogP contribution in [0.4, 0.5) is 4.79 Å². The number of nitrogens with zero attached hydrogens (tertiary/aromatic N) is 4. The molecule has 1 N–H and O–H groups in total. The fourth-order valence-electron chi connectivity index (χ4n) is 3.01. The van der Waals surface area contributed by atoms with E-state index in [9.17, 15) is 4.79 Å². The van der Waals surface area contributed by atoms with Crippen LogP contribution in [0.15, 0.2) is 30.6 Å². The average molecular weight is 325 g/mol. The summed E-state index contributed by atoms with van der Waals surface area (Å²) in [7, 11) is 1.81. The van der Waals surface area contributed by atoms with Gasteiger partial charge in [-0.3, -0.25) is 4.68 Å². The third kappa shape index (κ3) is 3.82. The molecule has 6 heteroatoms. The number of hydrogen-bond donors (Lipinski definition) is 1. The summed E-state index contributed by atoms with van der Waals surface area (Å²) in [6.07, 6.45) is 4.65. The first-order valence-corrected chi connectivity index (χ1v) is 8.16. The molecule has 0 radical (unpaired) electrons. The standard InChI is InChI=1S/C18H23N5O/c1-13-8-14(2)10-16(9-13)15-4-6-23(7-5-15)18(24)19-11-17-20-12-22(3)21-17/h4,8-10,12H,5-7,11H2,1-3H3,(H,19,24). The predicted octanol–water partition coefficient (Wildman–Crippen LogP) is 2.43. The van der Waals surface area contributed by atoms with E-state index in [1.165, 1.54) is 22.3 Å². The summed E-state index contributed by atoms with van der Waals surface area (Å²) in [4.78, 5) is 18.2. The van der Waals surface area contributed by atoms with Crippen LogP contribution in [-0.4, -0.2) is 38.8 Å². The molecule has 0 fully saturated rings. The first-order chi connectivity index (χ1) is 11.5. The van der Waals surface area contributed by atoms with E-state index in [0.717, 1.165) is 13.0 Å². The molecule has 0 saturated carbocycles. The van der Waals surface area contributed by atoms with Crippen molar-refractivity contribution in [1.82, 2.24) is 25.0 Å². The van der Waals surface area contributed by atoms with Crippen LogP contribution in [0.5, 0.6) is 0 Å². The number of carbonyl (C=O) groups is 1. The van der Waals surface area contributed by atoms with Crippen molar-refractivity contribution in [3.63, 3.8) is 0 Å². The molecule has 2 heterocycles. The minimum atomic E-state index is -0.0711. The Morgan fingerprint density at radius 2 is 2.00 bits per heavy atom. The second-order valence-corrected chi connectivity index (χ2v) is 6.29. The first-order valence-electron chi connectivity index (χ1n) is 8.16. The number of aromatic nitrogens is 3. The van der Waals surface area contributed by atoms with Gasteiger partial charge in [0, 0.05) is 20.1 Å². The summed E-state index contributed by atoms with van der Waals surface area (Å²) in [6.45, 7) is 5.94. The summed E-state index contributed by atoms with van der Waals surface area (Å²) >= 11 is 0. The van der Waals surface area contributed by atoms with Crippen molar-refractivity contribution in [2.24, 2.45) is 7.05 Å². The molecule has 2 amide bonds. The maximum absolute atomic E-state index is 12.3. The molecule has 0 bridgehead atoms. The Labute approximate surface area is 142 Å². The van der Waals surface area contributed by atoms with Gasteiger partial charge in [-0.15, -0.1) is 0 Å². The van der Waals surface area contributed by atoms with Gasteiger partial charge in [-0.1, -0.05) is 35.4 Å². The zero-order valence-electron chi connectivity index (χ0n) is 14.4. The fourth-order valence-corrected chi connectivity index (χ4v) is 3.01. The highest BCUT2D eigenvalue weighted by atomic mass is 16.2. The highest BCUT2D eigenvalue weighted by molar-refractivity contribution is 5.76. The maximum atomic E-state index is 12.3. The van der Waals surface area contributed by atoms with Gasteiger partial charge in [0.25, 0.3) is 0 Å². The van der Waals surface area contributed by atoms with Crippen LogP contribution in [0.3, 0.4) is 0 Å². The Hall–Kier alpha value is -2.63. The van der Waals surface area contributed by atoms with Crippen molar-refractivity contribution >= 4 is 11.6 Å². The Kier molecular flexibility index (Phi) is 4.64. The number of urea groups is 1. The summed E-state index contributed by atoms with van der Waals surface area (Å²) in [5.41, 5.74) is 5.13. The number of hydrogen-bond acceptors (Lipinski definition) is 3. The van der Waals surface area contributed by atoms with Crippen molar-refractivity contribution < 1.29 is 4.79 Å². The number of nitrogens with one attached hydrogen (secondary N) is 1. The molecule has 0 atom stereocenters. The van der Waals surface area contributed by atoms with Crippen LogP contribution in [0, 0.1) is 13.8 Å². The lowest BCUT2D eigenvalue weighted by atomic mass is 9.96. The molecule has 3 rings (SSSR count). The lowest BCUT2D eigenvalue weighted by Gasteiger charge is -2.27. The third-order valence-corrected chi connectivity index (χ3v) is 4.13. The number of amides is 2. The molecule has 0 spiro atoms. The molecule has 1 aromatic carbocycles. The van der Waals surface area contributed by atoms with Crippen LogP contribution < -0.4 is 5.32 Å². The van der Waals surface area contributed by atoms with Gasteiger partial charge in [0.05, 0.1) is 6.54 Å². The number of aryl methyl sites for hydroxylation is 3. The van der Waals surface area contributed by atoms with Gasteiger partial charge in [-0.2, -0.15) is 5.10 Å². The molecule has 1 aliphatic rings. The topological polar surface area (TPSA) is 63.1 Å². The molecular weight excluding hydrogens is 302 g/mol. The SMILES string of the molecule is Cc1cc(C)cc(C2=CCN(C(=O)NCc3ncn(C)n3)CC2)c1. The second kappa shape index (κ2) is 6.86. The van der Waals surface area contributed by atoms with Gasteiger partial charge < -0.3 is 10.2 Å². The van der Waals surface area contributed by atoms with E-state index in [1.54, 1.807) is 11.0 Å². The lowest BCUT2D eigenvalue weighted by Crippen LogP contribution is -2.41. The fraction of sp³-hybridized carbons (Fsp3) is 0.389. The Bertz CT molecular complexity index is 757. The van der Waals surface area contributed by atoms with Gasteiger partial charge in [-0.05, 0) is 31.4 Å². The summed E-state index contributed by atoms with van der Waals surface area (Å²) < 4.78 is 1.63. The third-order valence-electron chi connectivity index (χ3n) is 4.13. The predicted molar refractivity (Wildman–Crippen MR) is 93.3 cm³/mol. The van der Waals surface area contributed by atoms with E-state index in [4.69, 9.17) is 0 Å². The maximum Gasteiger partial charge on any atom is 0.318 e. The molecule has 24 heavy (non-hydrogen) atoms. The largest absolute Gasteiger partial charge is 0.331 e. The van der Waals surface area contributed by atoms with Gasteiger partial charge in [-0.25, -0.2) is 9.78 Å². The zero-order valence-corrected chi connectivity index (χ0v) is 14.4. The Balaban J connectivity index is 1.58. The van der Waals surface area contributed by atoms with Crippen molar-refractivity contribution in [3.05, 3.63) is 53.1 Å². The molecular formula is C18H23N5O. The molecule has 0 unspecified atom stereocenters. The second-order valence-electron chi connectivity index (χ2n) is 6.29. The zero-order chi connectivity index (χ0) is 17.1. The first kappa shape index (κ1) is 16.2. The Morgan fingerprint density at radius 1 is 1.25 bits per heavy atom. The highest BCUT2D eigenvalue weighted by Crippen LogP contribution is 2.24. The number of benzene rings is 1. The van der Waals surface area contributed by atoms with Gasteiger partial charge in [0.2, 0.25) is 0 Å². The van der Waals surface area contributed by atoms with E-state index in [2.05, 4.69) is 53.5 Å². The molecule has 0 saturated heterocycles.